The Balaban J connectivity index is 1.57. The van der Waals surface area contributed by atoms with E-state index in [0.29, 0.717) is 12.0 Å². The van der Waals surface area contributed by atoms with Gasteiger partial charge in [0, 0.05) is 17.2 Å². The lowest BCUT2D eigenvalue weighted by molar-refractivity contribution is -0.116. The summed E-state index contributed by atoms with van der Waals surface area (Å²) >= 11 is 1.59. The number of fused-ring (bicyclic) bond motifs is 1. The fourth-order valence-electron chi connectivity index (χ4n) is 4.11. The summed E-state index contributed by atoms with van der Waals surface area (Å²) in [5.74, 6) is -0.0589. The van der Waals surface area contributed by atoms with Crippen LogP contribution in [-0.4, -0.2) is 5.91 Å². The van der Waals surface area contributed by atoms with E-state index >= 15 is 0 Å². The number of hydrogen-bond donors (Lipinski definition) is 1. The topological polar surface area (TPSA) is 52.9 Å². The summed E-state index contributed by atoms with van der Waals surface area (Å²) in [5.41, 5.74) is 4.08. The third kappa shape index (κ3) is 4.41. The smallest absolute Gasteiger partial charge is 0.225 e. The maximum atomic E-state index is 13.0. The Morgan fingerprint density at radius 3 is 2.21 bits per heavy atom. The van der Waals surface area contributed by atoms with Gasteiger partial charge in [0.1, 0.15) is 11.1 Å². The van der Waals surface area contributed by atoms with Gasteiger partial charge in [-0.1, -0.05) is 67.1 Å². The van der Waals surface area contributed by atoms with Crippen molar-refractivity contribution in [3.63, 3.8) is 0 Å². The Morgan fingerprint density at radius 2 is 1.59 bits per heavy atom. The van der Waals surface area contributed by atoms with Crippen molar-refractivity contribution in [2.45, 2.75) is 44.4 Å². The van der Waals surface area contributed by atoms with Crippen LogP contribution in [0.5, 0.6) is 0 Å². The molecule has 1 aromatic heterocycles. The maximum Gasteiger partial charge on any atom is 0.225 e. The van der Waals surface area contributed by atoms with Gasteiger partial charge in [0.15, 0.2) is 0 Å². The predicted molar refractivity (Wildman–Crippen MR) is 118 cm³/mol. The van der Waals surface area contributed by atoms with E-state index in [2.05, 4.69) is 35.7 Å². The van der Waals surface area contributed by atoms with Gasteiger partial charge in [-0.25, -0.2) is 0 Å². The van der Waals surface area contributed by atoms with Crippen molar-refractivity contribution >= 4 is 22.2 Å². The van der Waals surface area contributed by atoms with Crippen LogP contribution < -0.4 is 5.32 Å². The van der Waals surface area contributed by atoms with Crippen molar-refractivity contribution in [2.75, 3.05) is 5.32 Å². The van der Waals surface area contributed by atoms with E-state index < -0.39 is 0 Å². The summed E-state index contributed by atoms with van der Waals surface area (Å²) in [7, 11) is 0. The molecule has 1 N–H and O–H groups in total. The number of carbonyl (C=O) groups is 1. The molecule has 4 rings (SSSR count). The van der Waals surface area contributed by atoms with Gasteiger partial charge < -0.3 is 5.32 Å². The monoisotopic (exact) mass is 400 g/mol. The van der Waals surface area contributed by atoms with Crippen molar-refractivity contribution in [3.05, 3.63) is 87.8 Å². The molecule has 1 heterocycles. The zero-order valence-corrected chi connectivity index (χ0v) is 17.2. The van der Waals surface area contributed by atoms with Gasteiger partial charge in [-0.05, 0) is 42.4 Å². The van der Waals surface area contributed by atoms with E-state index in [9.17, 15) is 10.1 Å². The van der Waals surface area contributed by atoms with E-state index in [-0.39, 0.29) is 11.8 Å². The first-order chi connectivity index (χ1) is 14.3. The van der Waals surface area contributed by atoms with E-state index in [0.717, 1.165) is 47.4 Å². The van der Waals surface area contributed by atoms with Gasteiger partial charge in [0.2, 0.25) is 5.91 Å². The van der Waals surface area contributed by atoms with Gasteiger partial charge in [-0.15, -0.1) is 11.3 Å². The second-order valence-electron chi connectivity index (χ2n) is 7.51. The van der Waals surface area contributed by atoms with Crippen molar-refractivity contribution in [2.24, 2.45) is 0 Å². The fraction of sp³-hybridized carbons (Fsp3) is 0.280. The minimum absolute atomic E-state index is 0.0132. The third-order valence-electron chi connectivity index (χ3n) is 5.58. The summed E-state index contributed by atoms with van der Waals surface area (Å²) in [6.45, 7) is 0. The molecule has 0 unspecified atom stereocenters. The molecule has 0 saturated carbocycles. The highest BCUT2D eigenvalue weighted by Gasteiger charge is 2.23. The highest BCUT2D eigenvalue weighted by atomic mass is 32.1. The molecule has 1 aliphatic rings. The number of amides is 1. The first-order valence-corrected chi connectivity index (χ1v) is 11.0. The minimum atomic E-state index is -0.0457. The van der Waals surface area contributed by atoms with Crippen molar-refractivity contribution in [1.82, 2.24) is 0 Å². The lowest BCUT2D eigenvalue weighted by Crippen LogP contribution is -2.16. The molecule has 0 saturated heterocycles. The number of hydrogen-bond acceptors (Lipinski definition) is 3. The zero-order valence-electron chi connectivity index (χ0n) is 16.4. The molecular weight excluding hydrogens is 376 g/mol. The SMILES string of the molecule is N#Cc1c(NC(=O)CC(c2ccccc2)c2ccccc2)sc2c1CCCCC2. The minimum Gasteiger partial charge on any atom is -0.317 e. The Hall–Kier alpha value is -2.90. The van der Waals surface area contributed by atoms with E-state index in [4.69, 9.17) is 0 Å². The molecule has 3 nitrogen and oxygen atoms in total. The number of carbonyl (C=O) groups excluding carboxylic acids is 1. The molecule has 0 fully saturated rings. The van der Waals surface area contributed by atoms with Crippen LogP contribution >= 0.6 is 11.3 Å². The van der Waals surface area contributed by atoms with Crippen LogP contribution in [0.3, 0.4) is 0 Å². The molecule has 1 aliphatic carbocycles. The average Bonchev–Trinajstić information content (AvgIpc) is 2.92. The van der Waals surface area contributed by atoms with Gasteiger partial charge >= 0.3 is 0 Å². The number of thiophene rings is 1. The van der Waals surface area contributed by atoms with Gasteiger partial charge in [-0.2, -0.15) is 5.26 Å². The molecule has 0 atom stereocenters. The third-order valence-corrected chi connectivity index (χ3v) is 6.79. The Bertz CT molecular complexity index is 979. The zero-order chi connectivity index (χ0) is 20.1. The number of nitriles is 1. The molecule has 0 spiro atoms. The first kappa shape index (κ1) is 19.4. The van der Waals surface area contributed by atoms with Crippen LogP contribution in [0.4, 0.5) is 5.00 Å². The maximum absolute atomic E-state index is 13.0. The number of nitrogens with one attached hydrogen (secondary N) is 1. The lowest BCUT2D eigenvalue weighted by atomic mass is 9.88. The van der Waals surface area contributed by atoms with Gasteiger partial charge in [-0.3, -0.25) is 4.79 Å². The molecule has 0 radical (unpaired) electrons. The standard InChI is InChI=1S/C25H24N2OS/c26-17-22-20-14-8-3-9-15-23(20)29-25(22)27-24(28)16-21(18-10-4-1-5-11-18)19-12-6-2-7-13-19/h1-2,4-7,10-13,21H,3,8-9,14-16H2,(H,27,28). The number of rotatable bonds is 5. The second kappa shape index (κ2) is 9.07. The summed E-state index contributed by atoms with van der Waals surface area (Å²) in [5, 5.41) is 13.5. The fourth-order valence-corrected chi connectivity index (χ4v) is 5.37. The molecule has 2 aromatic carbocycles. The molecule has 3 aromatic rings. The van der Waals surface area contributed by atoms with Crippen LogP contribution in [0.2, 0.25) is 0 Å². The number of nitrogens with zero attached hydrogens (tertiary/aromatic N) is 1. The predicted octanol–water partition coefficient (Wildman–Crippen LogP) is 6.05. The van der Waals surface area contributed by atoms with E-state index in [1.165, 1.54) is 11.3 Å². The van der Waals surface area contributed by atoms with Crippen molar-refractivity contribution in [1.29, 1.82) is 5.26 Å². The van der Waals surface area contributed by atoms with Crippen LogP contribution in [0.25, 0.3) is 0 Å². The summed E-state index contributed by atoms with van der Waals surface area (Å²) in [6.07, 6.45) is 5.81. The second-order valence-corrected chi connectivity index (χ2v) is 8.61. The molecular formula is C25H24N2OS. The molecule has 146 valence electrons. The van der Waals surface area contributed by atoms with E-state index in [1.807, 2.05) is 36.4 Å². The molecule has 4 heteroatoms. The van der Waals surface area contributed by atoms with Crippen LogP contribution in [-0.2, 0) is 17.6 Å². The number of benzene rings is 2. The number of anilines is 1. The van der Waals surface area contributed by atoms with Gasteiger partial charge in [0.25, 0.3) is 0 Å². The Labute approximate surface area is 176 Å². The summed E-state index contributed by atoms with van der Waals surface area (Å²) in [4.78, 5) is 14.3. The quantitative estimate of drug-likeness (QED) is 0.530. The van der Waals surface area contributed by atoms with Crippen molar-refractivity contribution < 1.29 is 4.79 Å². The summed E-state index contributed by atoms with van der Waals surface area (Å²) in [6, 6.07) is 22.6. The molecule has 0 bridgehead atoms. The highest BCUT2D eigenvalue weighted by molar-refractivity contribution is 7.16. The van der Waals surface area contributed by atoms with Crippen LogP contribution in [0.15, 0.2) is 60.7 Å². The Morgan fingerprint density at radius 1 is 0.966 bits per heavy atom. The van der Waals surface area contributed by atoms with E-state index in [1.54, 1.807) is 11.3 Å². The summed E-state index contributed by atoms with van der Waals surface area (Å²) < 4.78 is 0. The van der Waals surface area contributed by atoms with Crippen molar-refractivity contribution in [3.8, 4) is 6.07 Å². The lowest BCUT2D eigenvalue weighted by Gasteiger charge is -2.17. The largest absolute Gasteiger partial charge is 0.317 e. The molecule has 0 aliphatic heterocycles. The van der Waals surface area contributed by atoms with Crippen LogP contribution in [0.1, 0.15) is 58.7 Å². The average molecular weight is 401 g/mol. The normalized spacial score (nSPS) is 13.4. The highest BCUT2D eigenvalue weighted by Crippen LogP contribution is 2.37. The molecule has 1 amide bonds. The molecule has 29 heavy (non-hydrogen) atoms. The van der Waals surface area contributed by atoms with Crippen LogP contribution in [0, 0.1) is 11.3 Å². The van der Waals surface area contributed by atoms with Gasteiger partial charge in [0.05, 0.1) is 5.56 Å². The Kier molecular flexibility index (Phi) is 6.07. The first-order valence-electron chi connectivity index (χ1n) is 10.2. The number of aryl methyl sites for hydroxylation is 1.